The van der Waals surface area contributed by atoms with Crippen molar-refractivity contribution >= 4 is 39.1 Å². The third-order valence-corrected chi connectivity index (χ3v) is 3.11. The topological polar surface area (TPSA) is 50.4 Å². The number of amides is 1. The molecular weight excluding hydrogens is 320 g/mol. The molecule has 0 aliphatic rings. The maximum Gasteiger partial charge on any atom is 0.239 e. The first-order valence-corrected chi connectivity index (χ1v) is 6.75. The number of nitrogens with one attached hydrogen (secondary N) is 2. The summed E-state index contributed by atoms with van der Waals surface area (Å²) in [5.74, 6) is -0.0482. The number of anilines is 1. The summed E-state index contributed by atoms with van der Waals surface area (Å²) in [6.45, 7) is 1.50. The summed E-state index contributed by atoms with van der Waals surface area (Å²) in [7, 11) is 1.64. The number of carbonyl (C=O) groups excluding carboxylic acids is 1. The maximum absolute atomic E-state index is 11.5. The Morgan fingerprint density at radius 1 is 1.50 bits per heavy atom. The Morgan fingerprint density at radius 3 is 2.94 bits per heavy atom. The Kier molecular flexibility index (Phi) is 7.08. The van der Waals surface area contributed by atoms with Crippen LogP contribution in [0.4, 0.5) is 5.69 Å². The van der Waals surface area contributed by atoms with Crippen LogP contribution in [-0.4, -0.2) is 32.7 Å². The van der Waals surface area contributed by atoms with Crippen molar-refractivity contribution in [2.45, 2.75) is 6.42 Å². The molecule has 4 nitrogen and oxygen atoms in total. The standard InChI is InChI=1S/C12H16BrClN2O2/c1-18-6-2-5-15-12(17)8-16-11-4-3-9(14)7-10(11)13/h3-4,7,16H,2,5-6,8H2,1H3,(H,15,17). The van der Waals surface area contributed by atoms with E-state index in [1.165, 1.54) is 0 Å². The van der Waals surface area contributed by atoms with E-state index in [1.807, 2.05) is 6.07 Å². The van der Waals surface area contributed by atoms with Crippen LogP contribution in [0.3, 0.4) is 0 Å². The highest BCUT2D eigenvalue weighted by molar-refractivity contribution is 9.10. The van der Waals surface area contributed by atoms with E-state index in [4.69, 9.17) is 16.3 Å². The third kappa shape index (κ3) is 5.71. The largest absolute Gasteiger partial charge is 0.385 e. The Morgan fingerprint density at radius 2 is 2.28 bits per heavy atom. The molecule has 0 atom stereocenters. The Bertz CT molecular complexity index is 402. The van der Waals surface area contributed by atoms with Crippen LogP contribution < -0.4 is 10.6 Å². The van der Waals surface area contributed by atoms with Crippen molar-refractivity contribution in [3.05, 3.63) is 27.7 Å². The van der Waals surface area contributed by atoms with Gasteiger partial charge in [-0.15, -0.1) is 0 Å². The lowest BCUT2D eigenvalue weighted by Gasteiger charge is -2.09. The van der Waals surface area contributed by atoms with Gasteiger partial charge in [-0.25, -0.2) is 0 Å². The van der Waals surface area contributed by atoms with Gasteiger partial charge in [0, 0.05) is 35.4 Å². The second kappa shape index (κ2) is 8.34. The number of benzene rings is 1. The fraction of sp³-hybridized carbons (Fsp3) is 0.417. The molecule has 0 saturated heterocycles. The molecule has 0 fully saturated rings. The molecule has 1 amide bonds. The molecule has 6 heteroatoms. The van der Waals surface area contributed by atoms with Crippen molar-refractivity contribution in [3.8, 4) is 0 Å². The molecule has 1 aromatic carbocycles. The molecule has 1 rings (SSSR count). The van der Waals surface area contributed by atoms with Crippen LogP contribution in [-0.2, 0) is 9.53 Å². The van der Waals surface area contributed by atoms with Gasteiger partial charge >= 0.3 is 0 Å². The highest BCUT2D eigenvalue weighted by atomic mass is 79.9. The molecule has 18 heavy (non-hydrogen) atoms. The lowest BCUT2D eigenvalue weighted by Crippen LogP contribution is -2.31. The van der Waals surface area contributed by atoms with Crippen LogP contribution >= 0.6 is 27.5 Å². The van der Waals surface area contributed by atoms with E-state index in [9.17, 15) is 4.79 Å². The second-order valence-corrected chi connectivity index (χ2v) is 4.96. The van der Waals surface area contributed by atoms with Crippen LogP contribution in [0.2, 0.25) is 5.02 Å². The van der Waals surface area contributed by atoms with Crippen LogP contribution in [0.1, 0.15) is 6.42 Å². The number of ether oxygens (including phenoxy) is 1. The highest BCUT2D eigenvalue weighted by Gasteiger charge is 2.03. The first-order chi connectivity index (χ1) is 8.63. The molecule has 0 saturated carbocycles. The van der Waals surface area contributed by atoms with E-state index < -0.39 is 0 Å². The van der Waals surface area contributed by atoms with E-state index in [2.05, 4.69) is 26.6 Å². The van der Waals surface area contributed by atoms with Crippen LogP contribution in [0.5, 0.6) is 0 Å². The number of hydrogen-bond acceptors (Lipinski definition) is 3. The summed E-state index contributed by atoms with van der Waals surface area (Å²) >= 11 is 9.20. The minimum absolute atomic E-state index is 0.0482. The molecule has 0 spiro atoms. The molecule has 0 radical (unpaired) electrons. The van der Waals surface area contributed by atoms with E-state index in [0.717, 1.165) is 16.6 Å². The van der Waals surface area contributed by atoms with Gasteiger partial charge in [0.05, 0.1) is 6.54 Å². The quantitative estimate of drug-likeness (QED) is 0.753. The zero-order chi connectivity index (χ0) is 13.4. The molecule has 0 aliphatic heterocycles. The van der Waals surface area contributed by atoms with E-state index >= 15 is 0 Å². The maximum atomic E-state index is 11.5. The molecule has 0 bridgehead atoms. The number of carbonyl (C=O) groups is 1. The Labute approximate surface area is 120 Å². The number of hydrogen-bond donors (Lipinski definition) is 2. The summed E-state index contributed by atoms with van der Waals surface area (Å²) in [5.41, 5.74) is 0.839. The van der Waals surface area contributed by atoms with Crippen molar-refractivity contribution in [1.29, 1.82) is 0 Å². The molecule has 2 N–H and O–H groups in total. The molecule has 0 unspecified atom stereocenters. The predicted octanol–water partition coefficient (Wildman–Crippen LogP) is 2.67. The molecule has 1 aromatic rings. The van der Waals surface area contributed by atoms with Gasteiger partial charge in [-0.2, -0.15) is 0 Å². The van der Waals surface area contributed by atoms with E-state index in [1.54, 1.807) is 19.2 Å². The van der Waals surface area contributed by atoms with Gasteiger partial charge < -0.3 is 15.4 Å². The van der Waals surface area contributed by atoms with E-state index in [-0.39, 0.29) is 12.5 Å². The van der Waals surface area contributed by atoms with Crippen molar-refractivity contribution in [2.75, 3.05) is 32.1 Å². The van der Waals surface area contributed by atoms with Crippen LogP contribution in [0.25, 0.3) is 0 Å². The smallest absolute Gasteiger partial charge is 0.239 e. The first kappa shape index (κ1) is 15.3. The number of rotatable bonds is 7. The summed E-state index contributed by atoms with van der Waals surface area (Å²) in [5, 5.41) is 6.48. The summed E-state index contributed by atoms with van der Waals surface area (Å²) in [6, 6.07) is 5.37. The normalized spacial score (nSPS) is 10.2. The van der Waals surface area contributed by atoms with Crippen molar-refractivity contribution in [3.63, 3.8) is 0 Å². The zero-order valence-electron chi connectivity index (χ0n) is 10.1. The molecule has 0 aliphatic carbocycles. The van der Waals surface area contributed by atoms with Gasteiger partial charge in [-0.1, -0.05) is 11.6 Å². The summed E-state index contributed by atoms with van der Waals surface area (Å²) in [6.07, 6.45) is 0.812. The highest BCUT2D eigenvalue weighted by Crippen LogP contribution is 2.25. The number of halogens is 2. The van der Waals surface area contributed by atoms with Crippen molar-refractivity contribution in [1.82, 2.24) is 5.32 Å². The van der Waals surface area contributed by atoms with Crippen molar-refractivity contribution in [2.24, 2.45) is 0 Å². The van der Waals surface area contributed by atoms with Crippen molar-refractivity contribution < 1.29 is 9.53 Å². The lowest BCUT2D eigenvalue weighted by molar-refractivity contribution is -0.119. The molecule has 0 heterocycles. The second-order valence-electron chi connectivity index (χ2n) is 3.67. The first-order valence-electron chi connectivity index (χ1n) is 5.58. The Balaban J connectivity index is 2.29. The number of methoxy groups -OCH3 is 1. The van der Waals surface area contributed by atoms with Crippen LogP contribution in [0.15, 0.2) is 22.7 Å². The zero-order valence-corrected chi connectivity index (χ0v) is 12.5. The fourth-order valence-corrected chi connectivity index (χ4v) is 2.14. The van der Waals surface area contributed by atoms with Gasteiger partial charge in [-0.05, 0) is 40.5 Å². The average Bonchev–Trinajstić information content (AvgIpc) is 2.33. The molecule has 100 valence electrons. The fourth-order valence-electron chi connectivity index (χ4n) is 1.32. The SMILES string of the molecule is COCCCNC(=O)CNc1ccc(Cl)cc1Br. The Hall–Kier alpha value is -0.780. The predicted molar refractivity (Wildman–Crippen MR) is 77.1 cm³/mol. The summed E-state index contributed by atoms with van der Waals surface area (Å²) < 4.78 is 5.73. The van der Waals surface area contributed by atoms with Gasteiger partial charge in [0.2, 0.25) is 5.91 Å². The van der Waals surface area contributed by atoms with Crippen LogP contribution in [0, 0.1) is 0 Å². The minimum Gasteiger partial charge on any atom is -0.385 e. The molecule has 0 aromatic heterocycles. The van der Waals surface area contributed by atoms with Gasteiger partial charge in [0.1, 0.15) is 0 Å². The lowest BCUT2D eigenvalue weighted by atomic mass is 10.3. The monoisotopic (exact) mass is 334 g/mol. The third-order valence-electron chi connectivity index (χ3n) is 2.22. The summed E-state index contributed by atoms with van der Waals surface area (Å²) in [4.78, 5) is 11.5. The van der Waals surface area contributed by atoms with Gasteiger partial charge in [-0.3, -0.25) is 4.79 Å². The van der Waals surface area contributed by atoms with Gasteiger partial charge in [0.15, 0.2) is 0 Å². The molecular formula is C12H16BrClN2O2. The van der Waals surface area contributed by atoms with Gasteiger partial charge in [0.25, 0.3) is 0 Å². The average molecular weight is 336 g/mol. The minimum atomic E-state index is -0.0482. The van der Waals surface area contributed by atoms with E-state index in [0.29, 0.717) is 18.2 Å².